The summed E-state index contributed by atoms with van der Waals surface area (Å²) in [6.07, 6.45) is 7.98. The molecule has 1 saturated heterocycles. The van der Waals surface area contributed by atoms with Crippen molar-refractivity contribution in [3.8, 4) is 5.82 Å². The summed E-state index contributed by atoms with van der Waals surface area (Å²) in [7, 11) is 0. The minimum absolute atomic E-state index is 0.357. The van der Waals surface area contributed by atoms with Crippen molar-refractivity contribution in [1.82, 2.24) is 24.4 Å². The standard InChI is InChI=1S/C19H21N5/c1-15-20-11-13-24(15)19-9-4-7-17(22-19)18-8-5-12-23(18)14-16-6-2-3-10-21-16/h2-4,6-7,9-11,13,18H,5,8,12,14H2,1H3. The van der Waals surface area contributed by atoms with Crippen LogP contribution >= 0.6 is 0 Å². The Bertz CT molecular complexity index is 811. The molecule has 1 unspecified atom stereocenters. The molecular weight excluding hydrogens is 298 g/mol. The van der Waals surface area contributed by atoms with Gasteiger partial charge in [-0.1, -0.05) is 12.1 Å². The summed E-state index contributed by atoms with van der Waals surface area (Å²) in [6, 6.07) is 12.7. The first kappa shape index (κ1) is 15.0. The van der Waals surface area contributed by atoms with Crippen LogP contribution in [-0.4, -0.2) is 31.0 Å². The molecule has 1 aliphatic heterocycles. The Hall–Kier alpha value is -2.53. The predicted molar refractivity (Wildman–Crippen MR) is 92.7 cm³/mol. The number of rotatable bonds is 4. The third-order valence-corrected chi connectivity index (χ3v) is 4.62. The van der Waals surface area contributed by atoms with E-state index in [0.717, 1.165) is 42.5 Å². The number of aryl methyl sites for hydroxylation is 1. The molecule has 1 fully saturated rings. The van der Waals surface area contributed by atoms with Gasteiger partial charge in [0.05, 0.1) is 17.4 Å². The number of nitrogens with zero attached hydrogens (tertiary/aromatic N) is 5. The van der Waals surface area contributed by atoms with Crippen LogP contribution in [0.2, 0.25) is 0 Å². The second kappa shape index (κ2) is 6.53. The lowest BCUT2D eigenvalue weighted by molar-refractivity contribution is 0.241. The van der Waals surface area contributed by atoms with Crippen molar-refractivity contribution in [2.45, 2.75) is 32.4 Å². The monoisotopic (exact) mass is 319 g/mol. The summed E-state index contributed by atoms with van der Waals surface area (Å²) in [5.41, 5.74) is 2.25. The van der Waals surface area contributed by atoms with Crippen LogP contribution in [0, 0.1) is 6.92 Å². The second-order valence-electron chi connectivity index (χ2n) is 6.21. The zero-order valence-corrected chi connectivity index (χ0v) is 13.8. The number of hydrogen-bond acceptors (Lipinski definition) is 4. The number of likely N-dealkylation sites (tertiary alicyclic amines) is 1. The predicted octanol–water partition coefficient (Wildman–Crippen LogP) is 3.31. The molecule has 4 heterocycles. The molecule has 3 aromatic heterocycles. The molecule has 4 rings (SSSR count). The summed E-state index contributed by atoms with van der Waals surface area (Å²) in [4.78, 5) is 16.2. The van der Waals surface area contributed by atoms with Crippen LogP contribution in [-0.2, 0) is 6.54 Å². The highest BCUT2D eigenvalue weighted by Gasteiger charge is 2.27. The van der Waals surface area contributed by atoms with E-state index in [1.165, 1.54) is 6.42 Å². The molecule has 24 heavy (non-hydrogen) atoms. The summed E-state index contributed by atoms with van der Waals surface area (Å²) in [6.45, 7) is 3.97. The smallest absolute Gasteiger partial charge is 0.138 e. The van der Waals surface area contributed by atoms with Gasteiger partial charge in [-0.05, 0) is 50.6 Å². The van der Waals surface area contributed by atoms with E-state index in [9.17, 15) is 0 Å². The fourth-order valence-corrected chi connectivity index (χ4v) is 3.43. The number of aromatic nitrogens is 4. The molecule has 0 amide bonds. The van der Waals surface area contributed by atoms with E-state index < -0.39 is 0 Å². The van der Waals surface area contributed by atoms with Crippen molar-refractivity contribution >= 4 is 0 Å². The van der Waals surface area contributed by atoms with Crippen LogP contribution in [0.1, 0.15) is 36.1 Å². The average molecular weight is 319 g/mol. The molecule has 0 bridgehead atoms. The molecule has 0 radical (unpaired) electrons. The quantitative estimate of drug-likeness (QED) is 0.740. The maximum atomic E-state index is 4.91. The van der Waals surface area contributed by atoms with Crippen molar-refractivity contribution in [1.29, 1.82) is 0 Å². The van der Waals surface area contributed by atoms with Crippen LogP contribution in [0.4, 0.5) is 0 Å². The van der Waals surface area contributed by atoms with E-state index in [1.807, 2.05) is 48.3 Å². The molecule has 1 atom stereocenters. The zero-order valence-electron chi connectivity index (χ0n) is 13.8. The highest BCUT2D eigenvalue weighted by molar-refractivity contribution is 5.28. The fraction of sp³-hybridized carbons (Fsp3) is 0.316. The fourth-order valence-electron chi connectivity index (χ4n) is 3.43. The number of imidazole rings is 1. The summed E-state index contributed by atoms with van der Waals surface area (Å²) in [5, 5.41) is 0. The van der Waals surface area contributed by atoms with E-state index in [1.54, 1.807) is 0 Å². The normalized spacial score (nSPS) is 18.1. The Morgan fingerprint density at radius 3 is 2.83 bits per heavy atom. The minimum atomic E-state index is 0.357. The Morgan fingerprint density at radius 2 is 2.04 bits per heavy atom. The van der Waals surface area contributed by atoms with Crippen molar-refractivity contribution in [2.75, 3.05) is 6.54 Å². The summed E-state index contributed by atoms with van der Waals surface area (Å²) < 4.78 is 2.03. The Kier molecular flexibility index (Phi) is 4.09. The number of pyridine rings is 2. The zero-order chi connectivity index (χ0) is 16.4. The highest BCUT2D eigenvalue weighted by atomic mass is 15.2. The van der Waals surface area contributed by atoms with Crippen molar-refractivity contribution in [2.24, 2.45) is 0 Å². The van der Waals surface area contributed by atoms with Crippen molar-refractivity contribution in [3.63, 3.8) is 0 Å². The lowest BCUT2D eigenvalue weighted by atomic mass is 10.1. The van der Waals surface area contributed by atoms with Gasteiger partial charge in [0.2, 0.25) is 0 Å². The first-order chi connectivity index (χ1) is 11.8. The van der Waals surface area contributed by atoms with Gasteiger partial charge >= 0.3 is 0 Å². The maximum Gasteiger partial charge on any atom is 0.138 e. The SMILES string of the molecule is Cc1nccn1-c1cccc(C2CCCN2Cc2ccccn2)n1. The molecule has 5 nitrogen and oxygen atoms in total. The largest absolute Gasteiger partial charge is 0.289 e. The first-order valence-electron chi connectivity index (χ1n) is 8.42. The van der Waals surface area contributed by atoms with Crippen LogP contribution < -0.4 is 0 Å². The highest BCUT2D eigenvalue weighted by Crippen LogP contribution is 2.32. The van der Waals surface area contributed by atoms with E-state index in [0.29, 0.717) is 6.04 Å². The minimum Gasteiger partial charge on any atom is -0.289 e. The Morgan fingerprint density at radius 1 is 1.08 bits per heavy atom. The second-order valence-corrected chi connectivity index (χ2v) is 6.21. The molecule has 5 heteroatoms. The molecule has 0 N–H and O–H groups in total. The molecule has 0 aromatic carbocycles. The van der Waals surface area contributed by atoms with Crippen LogP contribution in [0.5, 0.6) is 0 Å². The first-order valence-corrected chi connectivity index (χ1v) is 8.42. The molecule has 3 aromatic rings. The third kappa shape index (κ3) is 2.95. The van der Waals surface area contributed by atoms with Gasteiger partial charge in [0.1, 0.15) is 11.6 Å². The Balaban J connectivity index is 1.59. The Labute approximate surface area is 142 Å². The average Bonchev–Trinajstić information content (AvgIpc) is 3.25. The van der Waals surface area contributed by atoms with Gasteiger partial charge in [-0.2, -0.15) is 0 Å². The molecular formula is C19H21N5. The van der Waals surface area contributed by atoms with E-state index >= 15 is 0 Å². The van der Waals surface area contributed by atoms with Crippen LogP contribution in [0.3, 0.4) is 0 Å². The number of hydrogen-bond donors (Lipinski definition) is 0. The third-order valence-electron chi connectivity index (χ3n) is 4.62. The van der Waals surface area contributed by atoms with Gasteiger partial charge in [0, 0.05) is 25.1 Å². The summed E-state index contributed by atoms with van der Waals surface area (Å²) in [5.74, 6) is 1.89. The maximum absolute atomic E-state index is 4.91. The van der Waals surface area contributed by atoms with Gasteiger partial charge in [0.25, 0.3) is 0 Å². The molecule has 0 spiro atoms. The molecule has 1 aliphatic rings. The van der Waals surface area contributed by atoms with E-state index in [4.69, 9.17) is 4.98 Å². The van der Waals surface area contributed by atoms with Crippen LogP contribution in [0.25, 0.3) is 5.82 Å². The molecule has 122 valence electrons. The van der Waals surface area contributed by atoms with Crippen molar-refractivity contribution in [3.05, 3.63) is 72.2 Å². The van der Waals surface area contributed by atoms with E-state index in [2.05, 4.69) is 33.1 Å². The molecule has 0 aliphatic carbocycles. The topological polar surface area (TPSA) is 46.8 Å². The van der Waals surface area contributed by atoms with Gasteiger partial charge in [-0.3, -0.25) is 14.5 Å². The van der Waals surface area contributed by atoms with Gasteiger partial charge < -0.3 is 0 Å². The molecule has 0 saturated carbocycles. The van der Waals surface area contributed by atoms with Crippen LogP contribution in [0.15, 0.2) is 55.0 Å². The summed E-state index contributed by atoms with van der Waals surface area (Å²) >= 11 is 0. The van der Waals surface area contributed by atoms with Crippen molar-refractivity contribution < 1.29 is 0 Å². The van der Waals surface area contributed by atoms with E-state index in [-0.39, 0.29) is 0 Å². The van der Waals surface area contributed by atoms with Gasteiger partial charge in [0.15, 0.2) is 0 Å². The van der Waals surface area contributed by atoms with Gasteiger partial charge in [-0.15, -0.1) is 0 Å². The lowest BCUT2D eigenvalue weighted by Crippen LogP contribution is -2.24. The van der Waals surface area contributed by atoms with Gasteiger partial charge in [-0.25, -0.2) is 9.97 Å². The lowest BCUT2D eigenvalue weighted by Gasteiger charge is -2.24.